The molecule has 126 valence electrons. The molecule has 2 aromatic rings. The highest BCUT2D eigenvalue weighted by Gasteiger charge is 2.37. The Morgan fingerprint density at radius 2 is 1.75 bits per heavy atom. The lowest BCUT2D eigenvalue weighted by Crippen LogP contribution is -2.45. The molecule has 3 rings (SSSR count). The van der Waals surface area contributed by atoms with Gasteiger partial charge in [0.2, 0.25) is 0 Å². The van der Waals surface area contributed by atoms with Gasteiger partial charge in [0.25, 0.3) is 5.91 Å². The molecule has 1 aliphatic carbocycles. The molecule has 1 fully saturated rings. The van der Waals surface area contributed by atoms with Crippen LogP contribution in [0.5, 0.6) is 0 Å². The molecule has 0 radical (unpaired) electrons. The van der Waals surface area contributed by atoms with Crippen molar-refractivity contribution in [1.82, 2.24) is 5.32 Å². The van der Waals surface area contributed by atoms with Crippen LogP contribution in [0.15, 0.2) is 48.5 Å². The molecule has 1 amide bonds. The molecular weight excluding hydrogens is 298 g/mol. The minimum atomic E-state index is -0.00349. The average Bonchev–Trinajstić information content (AvgIpc) is 2.57. The molecule has 1 aliphatic rings. The number of carbonyl (C=O) groups excluding carboxylic acids is 1. The van der Waals surface area contributed by atoms with Gasteiger partial charge in [0.05, 0.1) is 6.61 Å². The highest BCUT2D eigenvalue weighted by Crippen LogP contribution is 2.40. The van der Waals surface area contributed by atoms with E-state index in [0.29, 0.717) is 13.2 Å². The van der Waals surface area contributed by atoms with Crippen LogP contribution in [0.3, 0.4) is 0 Å². The van der Waals surface area contributed by atoms with Crippen LogP contribution >= 0.6 is 0 Å². The Morgan fingerprint density at radius 1 is 1.08 bits per heavy atom. The summed E-state index contributed by atoms with van der Waals surface area (Å²) in [6.07, 6.45) is 3.47. The first-order valence-electron chi connectivity index (χ1n) is 8.57. The number of ether oxygens (including phenoxy) is 1. The second-order valence-corrected chi connectivity index (χ2v) is 6.83. The summed E-state index contributed by atoms with van der Waals surface area (Å²) in [6.45, 7) is 3.47. The van der Waals surface area contributed by atoms with Crippen molar-refractivity contribution in [2.24, 2.45) is 5.41 Å². The summed E-state index contributed by atoms with van der Waals surface area (Å²) in [5, 5.41) is 3.14. The smallest absolute Gasteiger partial charge is 0.251 e. The van der Waals surface area contributed by atoms with Crippen LogP contribution in [-0.4, -0.2) is 26.2 Å². The molecular formula is C21H25NO2. The lowest BCUT2D eigenvalue weighted by atomic mass is 9.69. The van der Waals surface area contributed by atoms with Crippen LogP contribution in [0, 0.1) is 12.3 Å². The van der Waals surface area contributed by atoms with E-state index in [1.807, 2.05) is 36.4 Å². The highest BCUT2D eigenvalue weighted by atomic mass is 16.5. The first-order valence-corrected chi connectivity index (χ1v) is 8.57. The first-order chi connectivity index (χ1) is 11.7. The Hall–Kier alpha value is -2.13. The van der Waals surface area contributed by atoms with Crippen LogP contribution in [0.2, 0.25) is 0 Å². The van der Waals surface area contributed by atoms with Gasteiger partial charge in [-0.3, -0.25) is 4.79 Å². The molecule has 3 heteroatoms. The molecule has 0 bridgehead atoms. The topological polar surface area (TPSA) is 38.3 Å². The quantitative estimate of drug-likeness (QED) is 0.865. The summed E-state index contributed by atoms with van der Waals surface area (Å²) in [5.41, 5.74) is 4.13. The number of hydrogen-bond acceptors (Lipinski definition) is 2. The number of benzene rings is 2. The number of nitrogens with one attached hydrogen (secondary N) is 1. The molecule has 0 heterocycles. The molecule has 0 atom stereocenters. The number of aryl methyl sites for hydroxylation is 1. The molecule has 0 spiro atoms. The van der Waals surface area contributed by atoms with Crippen molar-refractivity contribution < 1.29 is 9.53 Å². The standard InChI is InChI=1S/C21H25NO2/c1-16-8-3-4-9-17(16)18-10-5-6-11-19(18)20(23)22-14-21(15-24-2)12-7-13-21/h3-6,8-11H,7,12-15H2,1-2H3,(H,22,23). The summed E-state index contributed by atoms with van der Waals surface area (Å²) in [4.78, 5) is 12.8. The van der Waals surface area contributed by atoms with Crippen molar-refractivity contribution >= 4 is 5.91 Å². The molecule has 3 nitrogen and oxygen atoms in total. The van der Waals surface area contributed by atoms with Gasteiger partial charge in [-0.25, -0.2) is 0 Å². The zero-order valence-electron chi connectivity index (χ0n) is 14.5. The Bertz CT molecular complexity index is 719. The lowest BCUT2D eigenvalue weighted by molar-refractivity contribution is 0.0180. The fraction of sp³-hybridized carbons (Fsp3) is 0.381. The Morgan fingerprint density at radius 3 is 2.38 bits per heavy atom. The number of hydrogen-bond donors (Lipinski definition) is 1. The second-order valence-electron chi connectivity index (χ2n) is 6.83. The van der Waals surface area contributed by atoms with E-state index in [1.54, 1.807) is 7.11 Å². The van der Waals surface area contributed by atoms with Gasteiger partial charge in [0.1, 0.15) is 0 Å². The molecule has 1 saturated carbocycles. The van der Waals surface area contributed by atoms with Crippen LogP contribution < -0.4 is 5.32 Å². The van der Waals surface area contributed by atoms with Crippen molar-refractivity contribution in [1.29, 1.82) is 0 Å². The lowest BCUT2D eigenvalue weighted by Gasteiger charge is -2.41. The van der Waals surface area contributed by atoms with Gasteiger partial charge in [-0.05, 0) is 42.5 Å². The molecule has 2 aromatic carbocycles. The summed E-state index contributed by atoms with van der Waals surface area (Å²) in [5.74, 6) is -0.00349. The third-order valence-corrected chi connectivity index (χ3v) is 5.10. The van der Waals surface area contributed by atoms with Crippen LogP contribution in [-0.2, 0) is 4.74 Å². The fourth-order valence-electron chi connectivity index (χ4n) is 3.51. The van der Waals surface area contributed by atoms with E-state index in [4.69, 9.17) is 4.74 Å². The summed E-state index contributed by atoms with van der Waals surface area (Å²) in [6, 6.07) is 16.0. The van der Waals surface area contributed by atoms with E-state index >= 15 is 0 Å². The first kappa shape index (κ1) is 16.7. The molecule has 0 saturated heterocycles. The van der Waals surface area contributed by atoms with Crippen LogP contribution in [0.25, 0.3) is 11.1 Å². The number of amides is 1. The van der Waals surface area contributed by atoms with Crippen molar-refractivity contribution in [3.63, 3.8) is 0 Å². The number of rotatable bonds is 6. The van der Waals surface area contributed by atoms with Crippen molar-refractivity contribution in [3.05, 3.63) is 59.7 Å². The third kappa shape index (κ3) is 3.36. The molecule has 1 N–H and O–H groups in total. The Kier molecular flexibility index (Phi) is 5.00. The largest absolute Gasteiger partial charge is 0.384 e. The summed E-state index contributed by atoms with van der Waals surface area (Å²) < 4.78 is 5.34. The Balaban J connectivity index is 1.80. The maximum atomic E-state index is 12.8. The van der Waals surface area contributed by atoms with E-state index in [2.05, 4.69) is 24.4 Å². The number of methoxy groups -OCH3 is 1. The molecule has 0 aliphatic heterocycles. The summed E-state index contributed by atoms with van der Waals surface area (Å²) in [7, 11) is 1.73. The average molecular weight is 323 g/mol. The van der Waals surface area contributed by atoms with Crippen LogP contribution in [0.4, 0.5) is 0 Å². The molecule has 0 unspecified atom stereocenters. The fourth-order valence-corrected chi connectivity index (χ4v) is 3.51. The van der Waals surface area contributed by atoms with Gasteiger partial charge in [-0.1, -0.05) is 48.9 Å². The van der Waals surface area contributed by atoms with Gasteiger partial charge >= 0.3 is 0 Å². The minimum absolute atomic E-state index is 0.00349. The van der Waals surface area contributed by atoms with E-state index in [-0.39, 0.29) is 11.3 Å². The van der Waals surface area contributed by atoms with Crippen molar-refractivity contribution in [2.45, 2.75) is 26.2 Å². The third-order valence-electron chi connectivity index (χ3n) is 5.10. The monoisotopic (exact) mass is 323 g/mol. The normalized spacial score (nSPS) is 15.6. The van der Waals surface area contributed by atoms with Crippen molar-refractivity contribution in [3.8, 4) is 11.1 Å². The van der Waals surface area contributed by atoms with E-state index in [9.17, 15) is 4.79 Å². The van der Waals surface area contributed by atoms with Gasteiger partial charge in [-0.15, -0.1) is 0 Å². The Labute approximate surface area is 144 Å². The van der Waals surface area contributed by atoms with E-state index in [0.717, 1.165) is 29.5 Å². The maximum absolute atomic E-state index is 12.8. The number of carbonyl (C=O) groups is 1. The predicted octanol–water partition coefficient (Wildman–Crippen LogP) is 4.21. The van der Waals surface area contributed by atoms with Crippen molar-refractivity contribution in [2.75, 3.05) is 20.3 Å². The zero-order chi connectivity index (χ0) is 17.0. The van der Waals surface area contributed by atoms with Gasteiger partial charge < -0.3 is 10.1 Å². The van der Waals surface area contributed by atoms with E-state index in [1.165, 1.54) is 12.0 Å². The van der Waals surface area contributed by atoms with E-state index < -0.39 is 0 Å². The SMILES string of the molecule is COCC1(CNC(=O)c2ccccc2-c2ccccc2C)CCC1. The molecule has 0 aromatic heterocycles. The maximum Gasteiger partial charge on any atom is 0.251 e. The second kappa shape index (κ2) is 7.18. The molecule has 24 heavy (non-hydrogen) atoms. The van der Waals surface area contributed by atoms with Gasteiger partial charge in [0, 0.05) is 24.6 Å². The van der Waals surface area contributed by atoms with Gasteiger partial charge in [0.15, 0.2) is 0 Å². The minimum Gasteiger partial charge on any atom is -0.384 e. The zero-order valence-corrected chi connectivity index (χ0v) is 14.5. The van der Waals surface area contributed by atoms with Crippen LogP contribution in [0.1, 0.15) is 35.2 Å². The summed E-state index contributed by atoms with van der Waals surface area (Å²) >= 11 is 0. The highest BCUT2D eigenvalue weighted by molar-refractivity contribution is 6.01. The predicted molar refractivity (Wildman–Crippen MR) is 97.1 cm³/mol. The van der Waals surface area contributed by atoms with Gasteiger partial charge in [-0.2, -0.15) is 0 Å².